The molecule has 1 aromatic rings. The summed E-state index contributed by atoms with van der Waals surface area (Å²) < 4.78 is 6.74. The van der Waals surface area contributed by atoms with Crippen molar-refractivity contribution < 1.29 is 14.9 Å². The van der Waals surface area contributed by atoms with Gasteiger partial charge < -0.3 is 14.9 Å². The zero-order valence-corrected chi connectivity index (χ0v) is 9.78. The number of aliphatic hydroxyl groups is 2. The third kappa shape index (κ3) is 4.80. The Labute approximate surface area is 99.8 Å². The van der Waals surface area contributed by atoms with Crippen LogP contribution in [0.15, 0.2) is 30.7 Å². The van der Waals surface area contributed by atoms with Crippen LogP contribution in [0.1, 0.15) is 12.6 Å². The Hall–Kier alpha value is -1.66. The summed E-state index contributed by atoms with van der Waals surface area (Å²) >= 11 is 0. The average molecular weight is 239 g/mol. The van der Waals surface area contributed by atoms with E-state index < -0.39 is 6.10 Å². The van der Waals surface area contributed by atoms with Gasteiger partial charge >= 0.3 is 0 Å². The monoisotopic (exact) mass is 239 g/mol. The van der Waals surface area contributed by atoms with Crippen LogP contribution in [-0.2, 0) is 17.9 Å². The zero-order valence-electron chi connectivity index (χ0n) is 9.78. The minimum Gasteiger partial charge on any atom is -0.495 e. The van der Waals surface area contributed by atoms with Crippen molar-refractivity contribution in [2.75, 3.05) is 6.61 Å². The second kappa shape index (κ2) is 6.82. The summed E-state index contributed by atoms with van der Waals surface area (Å²) in [4.78, 5) is 0. The molecule has 6 heteroatoms. The van der Waals surface area contributed by atoms with E-state index in [2.05, 4.69) is 16.9 Å². The smallest absolute Gasteiger partial charge is 0.115 e. The Kier molecular flexibility index (Phi) is 5.38. The second-order valence-corrected chi connectivity index (χ2v) is 3.57. The fraction of sp³-hybridized carbons (Fsp3) is 0.455. The summed E-state index contributed by atoms with van der Waals surface area (Å²) in [7, 11) is 0. The fourth-order valence-electron chi connectivity index (χ4n) is 1.21. The number of nitrogens with zero attached hydrogens (tertiary/aromatic N) is 3. The van der Waals surface area contributed by atoms with Crippen LogP contribution in [0.25, 0.3) is 0 Å². The highest BCUT2D eigenvalue weighted by Gasteiger charge is 2.08. The molecule has 0 fully saturated rings. The van der Waals surface area contributed by atoms with Gasteiger partial charge in [0.2, 0.25) is 0 Å². The first kappa shape index (κ1) is 13.4. The van der Waals surface area contributed by atoms with Gasteiger partial charge in [0.25, 0.3) is 0 Å². The van der Waals surface area contributed by atoms with Crippen molar-refractivity contribution in [1.82, 2.24) is 15.0 Å². The molecule has 94 valence electrons. The molecular weight excluding hydrogens is 222 g/mol. The largest absolute Gasteiger partial charge is 0.495 e. The van der Waals surface area contributed by atoms with E-state index in [1.54, 1.807) is 25.3 Å². The maximum Gasteiger partial charge on any atom is 0.115 e. The third-order valence-electron chi connectivity index (χ3n) is 2.00. The molecule has 1 aromatic heterocycles. The molecule has 0 aromatic carbocycles. The van der Waals surface area contributed by atoms with Crippen LogP contribution in [0.2, 0.25) is 0 Å². The Balaban J connectivity index is 2.36. The molecule has 0 aliphatic rings. The summed E-state index contributed by atoms with van der Waals surface area (Å²) in [5, 5.41) is 25.9. The normalized spacial score (nSPS) is 13.5. The van der Waals surface area contributed by atoms with E-state index in [9.17, 15) is 5.11 Å². The number of aromatic nitrogens is 3. The molecule has 0 spiro atoms. The number of rotatable bonds is 7. The van der Waals surface area contributed by atoms with Gasteiger partial charge in [-0.25, -0.2) is 4.68 Å². The van der Waals surface area contributed by atoms with Gasteiger partial charge in [0, 0.05) is 0 Å². The van der Waals surface area contributed by atoms with Gasteiger partial charge in [0.15, 0.2) is 0 Å². The SMILES string of the molecule is C=C/C=C(\C)OC[C@H](O)Cn1cc(CO)nn1. The molecule has 0 bridgehead atoms. The van der Waals surface area contributed by atoms with Crippen molar-refractivity contribution >= 4 is 0 Å². The highest BCUT2D eigenvalue weighted by Crippen LogP contribution is 2.00. The molecular formula is C11H17N3O3. The molecule has 1 atom stereocenters. The number of ether oxygens (including phenoxy) is 1. The van der Waals surface area contributed by atoms with Crippen LogP contribution in [0, 0.1) is 0 Å². The van der Waals surface area contributed by atoms with Crippen molar-refractivity contribution in [1.29, 1.82) is 0 Å². The molecule has 6 nitrogen and oxygen atoms in total. The van der Waals surface area contributed by atoms with Gasteiger partial charge in [-0.05, 0) is 13.0 Å². The zero-order chi connectivity index (χ0) is 12.7. The van der Waals surface area contributed by atoms with E-state index >= 15 is 0 Å². The molecule has 1 rings (SSSR count). The molecule has 0 aliphatic heterocycles. The van der Waals surface area contributed by atoms with Gasteiger partial charge in [-0.2, -0.15) is 0 Å². The van der Waals surface area contributed by atoms with Crippen LogP contribution in [0.4, 0.5) is 0 Å². The van der Waals surface area contributed by atoms with E-state index in [-0.39, 0.29) is 19.8 Å². The molecule has 0 saturated heterocycles. The molecule has 0 radical (unpaired) electrons. The first-order valence-corrected chi connectivity index (χ1v) is 5.25. The number of hydrogen-bond acceptors (Lipinski definition) is 5. The van der Waals surface area contributed by atoms with Crippen LogP contribution in [-0.4, -0.2) is 37.9 Å². The minimum atomic E-state index is -0.684. The fourth-order valence-corrected chi connectivity index (χ4v) is 1.21. The molecule has 1 heterocycles. The van der Waals surface area contributed by atoms with E-state index in [1.807, 2.05) is 0 Å². The van der Waals surface area contributed by atoms with Crippen molar-refractivity contribution in [3.63, 3.8) is 0 Å². The predicted octanol–water partition coefficient (Wildman–Crippen LogP) is 0.238. The summed E-state index contributed by atoms with van der Waals surface area (Å²) in [5.74, 6) is 0.689. The lowest BCUT2D eigenvalue weighted by Gasteiger charge is -2.11. The maximum absolute atomic E-state index is 9.67. The first-order valence-electron chi connectivity index (χ1n) is 5.25. The first-order chi connectivity index (χ1) is 8.15. The summed E-state index contributed by atoms with van der Waals surface area (Å²) in [6.07, 6.45) is 4.23. The van der Waals surface area contributed by atoms with Gasteiger partial charge in [-0.1, -0.05) is 17.9 Å². The molecule has 0 saturated carbocycles. The van der Waals surface area contributed by atoms with Crippen molar-refractivity contribution in [2.45, 2.75) is 26.2 Å². The highest BCUT2D eigenvalue weighted by molar-refractivity contribution is 5.01. The van der Waals surface area contributed by atoms with Crippen molar-refractivity contribution in [3.8, 4) is 0 Å². The van der Waals surface area contributed by atoms with E-state index in [1.165, 1.54) is 4.68 Å². The Morgan fingerprint density at radius 2 is 2.47 bits per heavy atom. The average Bonchev–Trinajstić information content (AvgIpc) is 2.74. The van der Waals surface area contributed by atoms with Gasteiger partial charge in [-0.15, -0.1) is 5.10 Å². The van der Waals surface area contributed by atoms with Crippen molar-refractivity contribution in [2.24, 2.45) is 0 Å². The quantitative estimate of drug-likeness (QED) is 0.526. The van der Waals surface area contributed by atoms with Gasteiger partial charge in [-0.3, -0.25) is 0 Å². The van der Waals surface area contributed by atoms with Gasteiger partial charge in [0.05, 0.1) is 25.1 Å². The minimum absolute atomic E-state index is 0.159. The number of allylic oxidation sites excluding steroid dienone is 3. The van der Waals surface area contributed by atoms with Crippen LogP contribution < -0.4 is 0 Å². The van der Waals surface area contributed by atoms with E-state index in [0.29, 0.717) is 11.5 Å². The third-order valence-corrected chi connectivity index (χ3v) is 2.00. The van der Waals surface area contributed by atoms with E-state index in [0.717, 1.165) is 0 Å². The van der Waals surface area contributed by atoms with Crippen LogP contribution in [0.5, 0.6) is 0 Å². The Morgan fingerprint density at radius 3 is 3.06 bits per heavy atom. The van der Waals surface area contributed by atoms with E-state index in [4.69, 9.17) is 9.84 Å². The predicted molar refractivity (Wildman–Crippen MR) is 61.9 cm³/mol. The Morgan fingerprint density at radius 1 is 1.71 bits per heavy atom. The summed E-state index contributed by atoms with van der Waals surface area (Å²) in [6, 6.07) is 0. The molecule has 17 heavy (non-hydrogen) atoms. The Bertz CT molecular complexity index is 387. The lowest BCUT2D eigenvalue weighted by molar-refractivity contribution is 0.0577. The standard InChI is InChI=1S/C11H17N3O3/c1-3-4-9(2)17-8-11(16)6-14-5-10(7-15)12-13-14/h3-5,11,15-16H,1,6-8H2,2H3/b9-4+/t11-/m1/s1. The lowest BCUT2D eigenvalue weighted by Crippen LogP contribution is -2.22. The maximum atomic E-state index is 9.67. The van der Waals surface area contributed by atoms with Gasteiger partial charge in [0.1, 0.15) is 18.4 Å². The molecule has 2 N–H and O–H groups in total. The highest BCUT2D eigenvalue weighted by atomic mass is 16.5. The van der Waals surface area contributed by atoms with Crippen molar-refractivity contribution in [3.05, 3.63) is 36.4 Å². The summed E-state index contributed by atoms with van der Waals surface area (Å²) in [5.41, 5.74) is 0.473. The lowest BCUT2D eigenvalue weighted by atomic mass is 10.3. The van der Waals surface area contributed by atoms with Crippen LogP contribution in [0.3, 0.4) is 0 Å². The van der Waals surface area contributed by atoms with Crippen LogP contribution >= 0.6 is 0 Å². The summed E-state index contributed by atoms with van der Waals surface area (Å²) in [6.45, 7) is 5.61. The number of aliphatic hydroxyl groups excluding tert-OH is 2. The molecule has 0 amide bonds. The molecule has 0 aliphatic carbocycles. The topological polar surface area (TPSA) is 80.4 Å². The molecule has 0 unspecified atom stereocenters. The number of hydrogen-bond donors (Lipinski definition) is 2. The second-order valence-electron chi connectivity index (χ2n) is 3.57.